The van der Waals surface area contributed by atoms with Crippen LogP contribution in [0.2, 0.25) is 0 Å². The lowest BCUT2D eigenvalue weighted by molar-refractivity contribution is 0.313. The molecule has 0 spiro atoms. The minimum Gasteiger partial charge on any atom is -0.493 e. The van der Waals surface area contributed by atoms with E-state index in [0.29, 0.717) is 17.6 Å². The molecule has 92 valence electrons. The van der Waals surface area contributed by atoms with Gasteiger partial charge in [0.2, 0.25) is 0 Å². The molecule has 0 bridgehead atoms. The lowest BCUT2D eigenvalue weighted by atomic mass is 10.00. The molecule has 0 radical (unpaired) electrons. The van der Waals surface area contributed by atoms with E-state index in [1.807, 2.05) is 0 Å². The molecule has 1 heterocycles. The van der Waals surface area contributed by atoms with E-state index in [9.17, 15) is 0 Å². The highest BCUT2D eigenvalue weighted by atomic mass is 35.5. The van der Waals surface area contributed by atoms with Crippen LogP contribution in [0.25, 0.3) is 0 Å². The largest absolute Gasteiger partial charge is 0.493 e. The summed E-state index contributed by atoms with van der Waals surface area (Å²) in [5.41, 5.74) is 2.43. The maximum Gasteiger partial charge on any atom is 0.126 e. The second kappa shape index (κ2) is 5.56. The van der Waals surface area contributed by atoms with E-state index in [0.717, 1.165) is 25.2 Å². The van der Waals surface area contributed by atoms with Crippen molar-refractivity contribution in [2.75, 3.05) is 13.2 Å². The summed E-state index contributed by atoms with van der Waals surface area (Å²) in [5, 5.41) is 4.08. The highest BCUT2D eigenvalue weighted by molar-refractivity contribution is 6.29. The van der Waals surface area contributed by atoms with Gasteiger partial charge in [0.15, 0.2) is 0 Å². The van der Waals surface area contributed by atoms with Crippen molar-refractivity contribution in [3.8, 4) is 5.75 Å². The molecule has 1 aromatic rings. The number of hydrogen-bond acceptors (Lipinski definition) is 2. The van der Waals surface area contributed by atoms with Crippen LogP contribution < -0.4 is 10.1 Å². The third-order valence-electron chi connectivity index (χ3n) is 3.04. The van der Waals surface area contributed by atoms with E-state index >= 15 is 0 Å². The summed E-state index contributed by atoms with van der Waals surface area (Å²) in [6, 6.07) is 6.60. The summed E-state index contributed by atoms with van der Waals surface area (Å²) in [7, 11) is 0. The van der Waals surface area contributed by atoms with Crippen molar-refractivity contribution in [1.29, 1.82) is 0 Å². The predicted octanol–water partition coefficient (Wildman–Crippen LogP) is 3.55. The zero-order valence-electron chi connectivity index (χ0n) is 10.1. The average Bonchev–Trinajstić information content (AvgIpc) is 2.50. The van der Waals surface area contributed by atoms with Crippen molar-refractivity contribution in [2.45, 2.75) is 25.8 Å². The van der Waals surface area contributed by atoms with Gasteiger partial charge in [-0.1, -0.05) is 36.4 Å². The Balaban J connectivity index is 2.24. The van der Waals surface area contributed by atoms with Gasteiger partial charge in [-0.2, -0.15) is 0 Å². The van der Waals surface area contributed by atoms with Crippen molar-refractivity contribution in [2.24, 2.45) is 0 Å². The number of halogens is 1. The van der Waals surface area contributed by atoms with Gasteiger partial charge < -0.3 is 10.1 Å². The lowest BCUT2D eigenvalue weighted by Crippen LogP contribution is -2.22. The Hall–Kier alpha value is -0.990. The highest BCUT2D eigenvalue weighted by Crippen LogP contribution is 2.33. The zero-order chi connectivity index (χ0) is 12.3. The van der Waals surface area contributed by atoms with Crippen LogP contribution in [0.4, 0.5) is 0 Å². The quantitative estimate of drug-likeness (QED) is 0.887. The van der Waals surface area contributed by atoms with Crippen LogP contribution in [0.1, 0.15) is 30.0 Å². The molecule has 2 nitrogen and oxygen atoms in total. The molecule has 1 atom stereocenters. The Kier molecular flexibility index (Phi) is 4.08. The molecule has 0 fully saturated rings. The fourth-order valence-electron chi connectivity index (χ4n) is 2.21. The molecule has 0 saturated carbocycles. The average molecular weight is 252 g/mol. The number of aryl methyl sites for hydroxylation is 1. The topological polar surface area (TPSA) is 21.3 Å². The Labute approximate surface area is 108 Å². The maximum atomic E-state index is 5.82. The van der Waals surface area contributed by atoms with Gasteiger partial charge in [-0.15, -0.1) is 0 Å². The molecule has 1 aromatic carbocycles. The number of hydrogen-bond donors (Lipinski definition) is 1. The normalized spacial score (nSPS) is 19.1. The molecule has 17 heavy (non-hydrogen) atoms. The molecule has 0 saturated heterocycles. The fraction of sp³-hybridized carbons (Fsp3) is 0.429. The van der Waals surface area contributed by atoms with Gasteiger partial charge in [-0.3, -0.25) is 0 Å². The first-order valence-corrected chi connectivity index (χ1v) is 6.35. The molecule has 1 N–H and O–H groups in total. The van der Waals surface area contributed by atoms with Crippen molar-refractivity contribution in [1.82, 2.24) is 5.32 Å². The molecule has 2 rings (SSSR count). The Morgan fingerprint density at radius 2 is 2.41 bits per heavy atom. The first-order valence-electron chi connectivity index (χ1n) is 5.97. The molecule has 0 aliphatic carbocycles. The second-order valence-electron chi connectivity index (χ2n) is 4.43. The summed E-state index contributed by atoms with van der Waals surface area (Å²) < 4.78 is 5.82. The van der Waals surface area contributed by atoms with Crippen LogP contribution in [-0.4, -0.2) is 13.2 Å². The first-order chi connectivity index (χ1) is 8.18. The Morgan fingerprint density at radius 3 is 3.18 bits per heavy atom. The van der Waals surface area contributed by atoms with Gasteiger partial charge in [0.1, 0.15) is 5.75 Å². The minimum absolute atomic E-state index is 0.308. The van der Waals surface area contributed by atoms with E-state index in [1.165, 1.54) is 11.1 Å². The van der Waals surface area contributed by atoms with Crippen molar-refractivity contribution >= 4 is 11.6 Å². The van der Waals surface area contributed by atoms with Crippen LogP contribution in [-0.2, 0) is 0 Å². The molecule has 1 aliphatic rings. The van der Waals surface area contributed by atoms with E-state index in [4.69, 9.17) is 16.3 Å². The van der Waals surface area contributed by atoms with Crippen molar-refractivity contribution in [3.63, 3.8) is 0 Å². The number of benzene rings is 1. The number of nitrogens with one attached hydrogen (secondary N) is 1. The maximum absolute atomic E-state index is 5.82. The first kappa shape index (κ1) is 12.5. The lowest BCUT2D eigenvalue weighted by Gasteiger charge is -2.19. The van der Waals surface area contributed by atoms with Crippen molar-refractivity contribution < 1.29 is 4.74 Å². The highest BCUT2D eigenvalue weighted by Gasteiger charge is 2.20. The Bertz CT molecular complexity index is 417. The summed E-state index contributed by atoms with van der Waals surface area (Å²) in [6.07, 6.45) is 2.13. The predicted molar refractivity (Wildman–Crippen MR) is 71.6 cm³/mol. The van der Waals surface area contributed by atoms with Gasteiger partial charge in [0, 0.05) is 23.2 Å². The summed E-state index contributed by atoms with van der Waals surface area (Å²) in [5.74, 6) is 1.03. The third kappa shape index (κ3) is 3.02. The third-order valence-corrected chi connectivity index (χ3v) is 3.18. The van der Waals surface area contributed by atoms with Gasteiger partial charge in [0.05, 0.1) is 6.61 Å². The molecular weight excluding hydrogens is 234 g/mol. The van der Waals surface area contributed by atoms with Crippen LogP contribution in [0.15, 0.2) is 29.8 Å². The smallest absolute Gasteiger partial charge is 0.126 e. The molecule has 0 amide bonds. The second-order valence-corrected chi connectivity index (χ2v) is 4.97. The van der Waals surface area contributed by atoms with Crippen LogP contribution in [0, 0.1) is 6.92 Å². The van der Waals surface area contributed by atoms with Crippen LogP contribution in [0.5, 0.6) is 5.75 Å². The van der Waals surface area contributed by atoms with Crippen molar-refractivity contribution in [3.05, 3.63) is 40.9 Å². The standard InChI is InChI=1S/C14H18ClNO/c1-10-5-3-6-12-13(16-9-11(2)15)7-4-8-17-14(10)12/h3,5-6,13,16H,2,4,7-9H2,1H3. The van der Waals surface area contributed by atoms with Gasteiger partial charge in [-0.05, 0) is 25.3 Å². The summed E-state index contributed by atoms with van der Waals surface area (Å²) in [4.78, 5) is 0. The minimum atomic E-state index is 0.308. The molecule has 1 aliphatic heterocycles. The number of ether oxygens (including phenoxy) is 1. The molecule has 0 aromatic heterocycles. The van der Waals surface area contributed by atoms with Crippen LogP contribution in [0.3, 0.4) is 0 Å². The SMILES string of the molecule is C=C(Cl)CNC1CCCOc2c(C)cccc21. The number of rotatable bonds is 3. The molecular formula is C14H18ClNO. The van der Waals surface area contributed by atoms with E-state index in [2.05, 4.69) is 37.0 Å². The zero-order valence-corrected chi connectivity index (χ0v) is 10.9. The summed E-state index contributed by atoms with van der Waals surface area (Å²) >= 11 is 5.81. The van der Waals surface area contributed by atoms with Gasteiger partial charge >= 0.3 is 0 Å². The van der Waals surface area contributed by atoms with E-state index in [1.54, 1.807) is 0 Å². The van der Waals surface area contributed by atoms with Crippen LogP contribution >= 0.6 is 11.6 Å². The Morgan fingerprint density at radius 1 is 1.59 bits per heavy atom. The van der Waals surface area contributed by atoms with E-state index < -0.39 is 0 Å². The fourth-order valence-corrected chi connectivity index (χ4v) is 2.29. The molecule has 3 heteroatoms. The van der Waals surface area contributed by atoms with Gasteiger partial charge in [-0.25, -0.2) is 0 Å². The number of fused-ring (bicyclic) bond motifs is 1. The monoisotopic (exact) mass is 251 g/mol. The molecule has 1 unspecified atom stereocenters. The summed E-state index contributed by atoms with van der Waals surface area (Å²) in [6.45, 7) is 7.22. The van der Waals surface area contributed by atoms with Gasteiger partial charge in [0.25, 0.3) is 0 Å². The number of para-hydroxylation sites is 1. The van der Waals surface area contributed by atoms with E-state index in [-0.39, 0.29) is 0 Å².